The fourth-order valence-electron chi connectivity index (χ4n) is 4.46. The second-order valence-electron chi connectivity index (χ2n) is 12.0. The monoisotopic (exact) mass is 519 g/mol. The molecule has 0 bridgehead atoms. The lowest BCUT2D eigenvalue weighted by molar-refractivity contribution is 0.0504. The molecule has 3 aromatic carbocycles. The van der Waals surface area contributed by atoms with Crippen LogP contribution in [0.4, 0.5) is 11.4 Å². The van der Waals surface area contributed by atoms with E-state index in [0.717, 1.165) is 34.0 Å². The van der Waals surface area contributed by atoms with Crippen molar-refractivity contribution in [1.29, 1.82) is 0 Å². The van der Waals surface area contributed by atoms with E-state index in [4.69, 9.17) is 18.9 Å². The van der Waals surface area contributed by atoms with Gasteiger partial charge in [0, 0.05) is 20.8 Å². The minimum atomic E-state index is -0.0454. The molecule has 3 aromatic rings. The van der Waals surface area contributed by atoms with Gasteiger partial charge in [0.25, 0.3) is 0 Å². The number of nitrogens with zero attached hydrogens (tertiary/aromatic N) is 1. The lowest BCUT2D eigenvalue weighted by Gasteiger charge is -2.33. The predicted molar refractivity (Wildman–Crippen MR) is 157 cm³/mol. The fourth-order valence-corrected chi connectivity index (χ4v) is 4.46. The highest BCUT2D eigenvalue weighted by Gasteiger charge is 2.27. The molecule has 5 nitrogen and oxygen atoms in total. The van der Waals surface area contributed by atoms with Crippen LogP contribution in [-0.4, -0.2) is 27.8 Å². The Morgan fingerprint density at radius 3 is 1.42 bits per heavy atom. The first-order valence-electron chi connectivity index (χ1n) is 13.2. The molecule has 0 aliphatic heterocycles. The van der Waals surface area contributed by atoms with Crippen LogP contribution in [0.25, 0.3) is 0 Å². The second-order valence-corrected chi connectivity index (χ2v) is 12.0. The van der Waals surface area contributed by atoms with Crippen LogP contribution in [0.3, 0.4) is 0 Å². The lowest BCUT2D eigenvalue weighted by atomic mass is 9.84. The first kappa shape index (κ1) is 29.5. The highest BCUT2D eigenvalue weighted by molar-refractivity contribution is 5.77. The Morgan fingerprint density at radius 2 is 1.05 bits per heavy atom. The number of ether oxygens (including phenoxy) is 4. The van der Waals surface area contributed by atoms with E-state index in [-0.39, 0.29) is 24.4 Å². The fraction of sp³-hybridized carbons (Fsp3) is 0.455. The molecule has 0 saturated carbocycles. The molecule has 0 heterocycles. The largest absolute Gasteiger partial charge is 0.465 e. The topological polar surface area (TPSA) is 40.2 Å². The molecule has 0 fully saturated rings. The molecule has 0 saturated heterocycles. The zero-order valence-corrected chi connectivity index (χ0v) is 24.9. The van der Waals surface area contributed by atoms with E-state index in [2.05, 4.69) is 109 Å². The molecule has 0 atom stereocenters. The number of anilines is 2. The third-order valence-electron chi connectivity index (χ3n) is 6.65. The molecule has 5 heteroatoms. The van der Waals surface area contributed by atoms with E-state index in [0.29, 0.717) is 6.54 Å². The highest BCUT2D eigenvalue weighted by atomic mass is 16.7. The molecule has 38 heavy (non-hydrogen) atoms. The zero-order valence-electron chi connectivity index (χ0n) is 24.9. The van der Waals surface area contributed by atoms with Crippen molar-refractivity contribution in [3.8, 4) is 11.5 Å². The van der Waals surface area contributed by atoms with Gasteiger partial charge in [-0.25, -0.2) is 0 Å². The average molecular weight is 520 g/mol. The van der Waals surface area contributed by atoms with E-state index in [1.807, 2.05) is 6.07 Å². The van der Waals surface area contributed by atoms with Crippen molar-refractivity contribution in [3.63, 3.8) is 0 Å². The SMILES string of the molecule is COCOc1c(C)cc(C(C)(C)C)cc1N(Cc1ccccc1)c1cc(C(C)(C)C)cc(C)c1OCOC. The van der Waals surface area contributed by atoms with Gasteiger partial charge in [-0.05, 0) is 64.6 Å². The van der Waals surface area contributed by atoms with Crippen LogP contribution in [0.1, 0.15) is 69.4 Å². The van der Waals surface area contributed by atoms with Gasteiger partial charge in [-0.15, -0.1) is 0 Å². The molecule has 0 N–H and O–H groups in total. The summed E-state index contributed by atoms with van der Waals surface area (Å²) >= 11 is 0. The van der Waals surface area contributed by atoms with Crippen molar-refractivity contribution < 1.29 is 18.9 Å². The number of benzene rings is 3. The Balaban J connectivity index is 2.39. The Kier molecular flexibility index (Phi) is 9.50. The van der Waals surface area contributed by atoms with Crippen molar-refractivity contribution in [2.24, 2.45) is 0 Å². The maximum Gasteiger partial charge on any atom is 0.188 e. The molecule has 0 aromatic heterocycles. The number of rotatable bonds is 10. The van der Waals surface area contributed by atoms with Crippen molar-refractivity contribution in [3.05, 3.63) is 82.4 Å². The molecule has 206 valence electrons. The molecular formula is C33H45NO4. The third kappa shape index (κ3) is 7.09. The summed E-state index contributed by atoms with van der Waals surface area (Å²) in [6.07, 6.45) is 0. The van der Waals surface area contributed by atoms with E-state index in [1.54, 1.807) is 14.2 Å². The van der Waals surface area contributed by atoms with E-state index in [9.17, 15) is 0 Å². The molecule has 0 aliphatic carbocycles. The van der Waals surface area contributed by atoms with Gasteiger partial charge in [-0.2, -0.15) is 0 Å². The number of hydrogen-bond donors (Lipinski definition) is 0. The van der Waals surface area contributed by atoms with Crippen molar-refractivity contribution in [2.45, 2.75) is 72.8 Å². The summed E-state index contributed by atoms with van der Waals surface area (Å²) in [5.74, 6) is 1.60. The van der Waals surface area contributed by atoms with Crippen LogP contribution in [0.15, 0.2) is 54.6 Å². The van der Waals surface area contributed by atoms with Crippen LogP contribution >= 0.6 is 0 Å². The quantitative estimate of drug-likeness (QED) is 0.252. The maximum atomic E-state index is 6.24. The lowest BCUT2D eigenvalue weighted by Crippen LogP contribution is -2.23. The molecular weight excluding hydrogens is 474 g/mol. The molecule has 0 radical (unpaired) electrons. The highest BCUT2D eigenvalue weighted by Crippen LogP contribution is 2.46. The van der Waals surface area contributed by atoms with Gasteiger partial charge < -0.3 is 23.8 Å². The minimum Gasteiger partial charge on any atom is -0.465 e. The van der Waals surface area contributed by atoms with Crippen molar-refractivity contribution >= 4 is 11.4 Å². The van der Waals surface area contributed by atoms with Gasteiger partial charge in [-0.1, -0.05) is 84.0 Å². The Morgan fingerprint density at radius 1 is 0.632 bits per heavy atom. The Bertz CT molecular complexity index is 1130. The second kappa shape index (κ2) is 12.2. The van der Waals surface area contributed by atoms with Crippen LogP contribution in [0.5, 0.6) is 11.5 Å². The summed E-state index contributed by atoms with van der Waals surface area (Å²) in [4.78, 5) is 2.32. The molecule has 3 rings (SSSR count). The molecule has 0 aliphatic rings. The standard InChI is InChI=1S/C33H45NO4/c1-23-16-26(32(3,4)5)18-28(30(23)37-21-35-9)34(20-25-14-12-11-13-15-25)29-19-27(33(6,7)8)17-24(2)31(29)38-22-36-10/h11-19H,20-22H2,1-10H3. The van der Waals surface area contributed by atoms with Crippen LogP contribution in [0, 0.1) is 13.8 Å². The number of methoxy groups -OCH3 is 2. The van der Waals surface area contributed by atoms with Crippen LogP contribution in [-0.2, 0) is 26.8 Å². The Labute approximate surface area is 229 Å². The maximum absolute atomic E-state index is 6.24. The Hall–Kier alpha value is -3.02. The van der Waals surface area contributed by atoms with E-state index < -0.39 is 0 Å². The first-order valence-corrected chi connectivity index (χ1v) is 13.2. The third-order valence-corrected chi connectivity index (χ3v) is 6.65. The smallest absolute Gasteiger partial charge is 0.188 e. The summed E-state index contributed by atoms with van der Waals surface area (Å²) in [6.45, 7) is 18.6. The summed E-state index contributed by atoms with van der Waals surface area (Å²) in [5.41, 5.74) is 7.63. The number of aryl methyl sites for hydroxylation is 2. The number of hydrogen-bond acceptors (Lipinski definition) is 5. The molecule has 0 spiro atoms. The normalized spacial score (nSPS) is 11.9. The molecule has 0 unspecified atom stereocenters. The average Bonchev–Trinajstić information content (AvgIpc) is 2.84. The zero-order chi connectivity index (χ0) is 28.1. The van der Waals surface area contributed by atoms with Crippen molar-refractivity contribution in [2.75, 3.05) is 32.7 Å². The first-order chi connectivity index (χ1) is 17.9. The summed E-state index contributed by atoms with van der Waals surface area (Å²) in [7, 11) is 3.29. The summed E-state index contributed by atoms with van der Waals surface area (Å²) < 4.78 is 23.2. The van der Waals surface area contributed by atoms with Gasteiger partial charge in [0.05, 0.1) is 11.4 Å². The van der Waals surface area contributed by atoms with Crippen LogP contribution < -0.4 is 14.4 Å². The van der Waals surface area contributed by atoms with E-state index in [1.165, 1.54) is 16.7 Å². The van der Waals surface area contributed by atoms with Gasteiger partial charge in [0.2, 0.25) is 0 Å². The van der Waals surface area contributed by atoms with E-state index >= 15 is 0 Å². The predicted octanol–water partition coefficient (Wildman–Crippen LogP) is 8.20. The van der Waals surface area contributed by atoms with Gasteiger partial charge >= 0.3 is 0 Å². The van der Waals surface area contributed by atoms with Gasteiger partial charge in [0.15, 0.2) is 13.6 Å². The summed E-state index contributed by atoms with van der Waals surface area (Å²) in [5, 5.41) is 0. The summed E-state index contributed by atoms with van der Waals surface area (Å²) in [6, 6.07) is 19.4. The minimum absolute atomic E-state index is 0.0454. The molecule has 0 amide bonds. The van der Waals surface area contributed by atoms with Gasteiger partial charge in [-0.3, -0.25) is 0 Å². The van der Waals surface area contributed by atoms with Crippen molar-refractivity contribution in [1.82, 2.24) is 0 Å². The van der Waals surface area contributed by atoms with Crippen LogP contribution in [0.2, 0.25) is 0 Å². The van der Waals surface area contributed by atoms with Gasteiger partial charge in [0.1, 0.15) is 11.5 Å².